The topological polar surface area (TPSA) is 70.4 Å². The van der Waals surface area contributed by atoms with E-state index in [0.29, 0.717) is 37.4 Å². The Morgan fingerprint density at radius 3 is 2.54 bits per heavy atom. The zero-order valence-electron chi connectivity index (χ0n) is 14.8. The molecule has 3 aromatic rings. The molecule has 0 amide bonds. The van der Waals surface area contributed by atoms with E-state index in [9.17, 15) is 5.11 Å². The zero-order valence-corrected chi connectivity index (χ0v) is 19.4. The van der Waals surface area contributed by atoms with Gasteiger partial charge in [0.25, 0.3) is 0 Å². The van der Waals surface area contributed by atoms with Crippen LogP contribution in [0.5, 0.6) is 5.75 Å². The quantitative estimate of drug-likeness (QED) is 0.279. The summed E-state index contributed by atoms with van der Waals surface area (Å²) in [6, 6.07) is 10.6. The van der Waals surface area contributed by atoms with Crippen molar-refractivity contribution in [3.05, 3.63) is 66.6 Å². The van der Waals surface area contributed by atoms with Crippen molar-refractivity contribution in [3.63, 3.8) is 0 Å². The van der Waals surface area contributed by atoms with Gasteiger partial charge in [-0.3, -0.25) is 5.43 Å². The molecule has 0 spiro atoms. The Bertz CT molecular complexity index is 1090. The molecule has 0 saturated heterocycles. The fraction of sp³-hybridized carbons (Fsp3) is 0.105. The van der Waals surface area contributed by atoms with Crippen LogP contribution in [0.4, 0.5) is 5.82 Å². The molecule has 9 heteroatoms. The summed E-state index contributed by atoms with van der Waals surface area (Å²) in [5, 5.41) is 15.7. The van der Waals surface area contributed by atoms with Gasteiger partial charge in [0.15, 0.2) is 11.6 Å². The number of rotatable bonds is 4. The molecule has 0 radical (unpaired) electrons. The molecule has 0 fully saturated rings. The van der Waals surface area contributed by atoms with Gasteiger partial charge in [-0.05, 0) is 59.6 Å². The maximum atomic E-state index is 10.4. The van der Waals surface area contributed by atoms with Crippen LogP contribution in [0.3, 0.4) is 0 Å². The Morgan fingerprint density at radius 2 is 1.82 bits per heavy atom. The number of aryl methyl sites for hydroxylation is 1. The molecule has 5 nitrogen and oxygen atoms in total. The van der Waals surface area contributed by atoms with Gasteiger partial charge in [0.2, 0.25) is 0 Å². The maximum Gasteiger partial charge on any atom is 0.165 e. The molecular weight excluding hydrogens is 531 g/mol. The smallest absolute Gasteiger partial charge is 0.165 e. The van der Waals surface area contributed by atoms with Gasteiger partial charge in [0.1, 0.15) is 5.75 Å². The van der Waals surface area contributed by atoms with Gasteiger partial charge >= 0.3 is 0 Å². The van der Waals surface area contributed by atoms with Gasteiger partial charge in [-0.15, -0.1) is 0 Å². The van der Waals surface area contributed by atoms with Crippen molar-refractivity contribution in [3.8, 4) is 17.1 Å². The Balaban J connectivity index is 1.93. The highest BCUT2D eigenvalue weighted by Gasteiger charge is 2.13. The molecule has 0 unspecified atom stereocenters. The van der Waals surface area contributed by atoms with E-state index in [1.807, 2.05) is 19.9 Å². The highest BCUT2D eigenvalue weighted by atomic mass is 79.9. The molecule has 0 aliphatic carbocycles. The lowest BCUT2D eigenvalue weighted by atomic mass is 10.1. The number of nitrogens with zero attached hydrogens (tertiary/aromatic N) is 3. The molecule has 0 aliphatic rings. The molecule has 3 rings (SSSR count). The number of nitrogens with one attached hydrogen (secondary N) is 1. The zero-order chi connectivity index (χ0) is 20.4. The Morgan fingerprint density at radius 1 is 1.07 bits per heavy atom. The molecule has 1 aromatic heterocycles. The van der Waals surface area contributed by atoms with Gasteiger partial charge in [0.05, 0.1) is 25.8 Å². The molecule has 1 heterocycles. The summed E-state index contributed by atoms with van der Waals surface area (Å²) < 4.78 is 1.34. The minimum Gasteiger partial charge on any atom is -0.506 e. The third-order valence-corrected chi connectivity index (χ3v) is 5.60. The van der Waals surface area contributed by atoms with E-state index in [1.54, 1.807) is 30.3 Å². The molecule has 2 aromatic carbocycles. The summed E-state index contributed by atoms with van der Waals surface area (Å²) in [5.41, 5.74) is 5.71. The van der Waals surface area contributed by atoms with E-state index in [-0.39, 0.29) is 5.75 Å². The first-order valence-corrected chi connectivity index (χ1v) is 10.4. The minimum absolute atomic E-state index is 0.0650. The first-order valence-electron chi connectivity index (χ1n) is 8.04. The van der Waals surface area contributed by atoms with E-state index >= 15 is 0 Å². The number of phenols is 1. The number of hydrogen-bond donors (Lipinski definition) is 2. The predicted molar refractivity (Wildman–Crippen MR) is 122 cm³/mol. The molecular formula is C19H14Br2Cl2N4O. The summed E-state index contributed by atoms with van der Waals surface area (Å²) >= 11 is 18.8. The van der Waals surface area contributed by atoms with Gasteiger partial charge < -0.3 is 5.11 Å². The Kier molecular flexibility index (Phi) is 6.60. The Labute approximate surface area is 189 Å². The summed E-state index contributed by atoms with van der Waals surface area (Å²) in [4.78, 5) is 8.89. The number of benzene rings is 2. The monoisotopic (exact) mass is 542 g/mol. The summed E-state index contributed by atoms with van der Waals surface area (Å²) in [5.74, 6) is 0.942. The molecule has 0 atom stereocenters. The fourth-order valence-electron chi connectivity index (χ4n) is 2.41. The van der Waals surface area contributed by atoms with Crippen LogP contribution >= 0.6 is 55.1 Å². The number of anilines is 1. The van der Waals surface area contributed by atoms with E-state index in [1.165, 1.54) is 0 Å². The van der Waals surface area contributed by atoms with E-state index in [2.05, 4.69) is 52.4 Å². The molecule has 28 heavy (non-hydrogen) atoms. The van der Waals surface area contributed by atoms with Crippen LogP contribution in [-0.4, -0.2) is 20.8 Å². The summed E-state index contributed by atoms with van der Waals surface area (Å²) in [6.45, 7) is 3.69. The molecule has 144 valence electrons. The molecule has 2 N–H and O–H groups in total. The highest BCUT2D eigenvalue weighted by Crippen LogP contribution is 2.37. The third-order valence-electron chi connectivity index (χ3n) is 3.80. The third kappa shape index (κ3) is 4.84. The number of aromatic nitrogens is 2. The van der Waals surface area contributed by atoms with Gasteiger partial charge in [-0.25, -0.2) is 9.97 Å². The predicted octanol–water partition coefficient (Wildman–Crippen LogP) is 6.83. The average Bonchev–Trinajstić information content (AvgIpc) is 2.64. The van der Waals surface area contributed by atoms with Crippen molar-refractivity contribution >= 4 is 66.6 Å². The van der Waals surface area contributed by atoms with Crippen molar-refractivity contribution in [2.45, 2.75) is 13.8 Å². The number of halogens is 4. The molecule has 0 saturated carbocycles. The van der Waals surface area contributed by atoms with Gasteiger partial charge in [-0.2, -0.15) is 5.10 Å². The molecule has 0 aliphatic heterocycles. The SMILES string of the molecule is C/C(=N\Nc1cc(C)nc(-c2cc(Br)cc(Br)c2O)n1)c1ccc(Cl)c(Cl)c1. The first-order chi connectivity index (χ1) is 13.2. The van der Waals surface area contributed by atoms with Crippen LogP contribution in [-0.2, 0) is 0 Å². The number of hydrogen-bond acceptors (Lipinski definition) is 5. The summed E-state index contributed by atoms with van der Waals surface area (Å²) in [6.07, 6.45) is 0. The lowest BCUT2D eigenvalue weighted by molar-refractivity contribution is 0.473. The highest BCUT2D eigenvalue weighted by molar-refractivity contribution is 9.11. The minimum atomic E-state index is 0.0650. The second kappa shape index (κ2) is 8.78. The van der Waals surface area contributed by atoms with Crippen LogP contribution in [0, 0.1) is 6.92 Å². The second-order valence-corrected chi connectivity index (χ2v) is 8.52. The van der Waals surface area contributed by atoms with Gasteiger partial charge in [0, 0.05) is 16.2 Å². The lowest BCUT2D eigenvalue weighted by Gasteiger charge is -2.10. The van der Waals surface area contributed by atoms with Crippen molar-refractivity contribution < 1.29 is 5.11 Å². The van der Waals surface area contributed by atoms with Crippen LogP contribution in [0.15, 0.2) is 50.4 Å². The van der Waals surface area contributed by atoms with Crippen molar-refractivity contribution in [2.75, 3.05) is 5.43 Å². The number of aromatic hydroxyl groups is 1. The van der Waals surface area contributed by atoms with Crippen molar-refractivity contribution in [2.24, 2.45) is 5.10 Å². The van der Waals surface area contributed by atoms with Crippen molar-refractivity contribution in [1.29, 1.82) is 0 Å². The normalized spacial score (nSPS) is 11.6. The number of phenolic OH excluding ortho intramolecular Hbond substituents is 1. The average molecular weight is 545 g/mol. The van der Waals surface area contributed by atoms with Crippen LogP contribution in [0.1, 0.15) is 18.2 Å². The van der Waals surface area contributed by atoms with Crippen LogP contribution < -0.4 is 5.43 Å². The van der Waals surface area contributed by atoms with Crippen LogP contribution in [0.2, 0.25) is 10.0 Å². The fourth-order valence-corrected chi connectivity index (χ4v) is 3.93. The Hall–Kier alpha value is -1.67. The summed E-state index contributed by atoms with van der Waals surface area (Å²) in [7, 11) is 0. The van der Waals surface area contributed by atoms with Crippen LogP contribution in [0.25, 0.3) is 11.4 Å². The lowest BCUT2D eigenvalue weighted by Crippen LogP contribution is -2.03. The van der Waals surface area contributed by atoms with Crippen molar-refractivity contribution in [1.82, 2.24) is 9.97 Å². The number of hydrazone groups is 1. The maximum absolute atomic E-state index is 10.4. The largest absolute Gasteiger partial charge is 0.506 e. The molecule has 0 bridgehead atoms. The standard InChI is InChI=1S/C19H14Br2Cl2N4O/c1-9-5-17(27-26-10(2)11-3-4-15(22)16(23)6-11)25-19(24-9)13-7-12(20)8-14(21)18(13)28/h3-8,28H,1-2H3,(H,24,25,27)/b26-10+. The van der Waals surface area contributed by atoms with E-state index in [0.717, 1.165) is 15.7 Å². The first kappa shape index (κ1) is 21.0. The van der Waals surface area contributed by atoms with Gasteiger partial charge in [-0.1, -0.05) is 45.2 Å². The second-order valence-electron chi connectivity index (χ2n) is 5.94. The van der Waals surface area contributed by atoms with E-state index in [4.69, 9.17) is 23.2 Å². The van der Waals surface area contributed by atoms with E-state index < -0.39 is 0 Å².